The van der Waals surface area contributed by atoms with Crippen LogP contribution < -0.4 is 0 Å². The van der Waals surface area contributed by atoms with Gasteiger partial charge in [-0.1, -0.05) is 34.5 Å². The Morgan fingerprint density at radius 1 is 1.25 bits per heavy atom. The zero-order chi connectivity index (χ0) is 14.4. The van der Waals surface area contributed by atoms with E-state index in [9.17, 15) is 5.11 Å². The van der Waals surface area contributed by atoms with Gasteiger partial charge in [-0.2, -0.15) is 0 Å². The van der Waals surface area contributed by atoms with Gasteiger partial charge in [0.2, 0.25) is 0 Å². The fraction of sp³-hybridized carbons (Fsp3) is 0.625. The Bertz CT molecular complexity index is 394. The van der Waals surface area contributed by atoms with Crippen LogP contribution in [0.3, 0.4) is 0 Å². The first-order valence-electron chi connectivity index (χ1n) is 7.49. The molecule has 0 bridgehead atoms. The average molecular weight is 342 g/mol. The Morgan fingerprint density at radius 2 is 2.00 bits per heavy atom. The van der Waals surface area contributed by atoms with Crippen molar-refractivity contribution < 1.29 is 10.2 Å². The van der Waals surface area contributed by atoms with Gasteiger partial charge in [-0.15, -0.1) is 0 Å². The van der Waals surface area contributed by atoms with Gasteiger partial charge in [0, 0.05) is 23.7 Å². The molecule has 0 radical (unpaired) electrons. The lowest BCUT2D eigenvalue weighted by atomic mass is 9.98. The minimum absolute atomic E-state index is 0.260. The lowest BCUT2D eigenvalue weighted by Gasteiger charge is -2.36. The van der Waals surface area contributed by atoms with Crippen molar-refractivity contribution in [2.24, 2.45) is 0 Å². The summed E-state index contributed by atoms with van der Waals surface area (Å²) in [6, 6.07) is 8.36. The third-order valence-corrected chi connectivity index (χ3v) is 4.68. The van der Waals surface area contributed by atoms with Crippen LogP contribution in [0.25, 0.3) is 0 Å². The molecule has 1 aromatic carbocycles. The second-order valence-corrected chi connectivity index (χ2v) is 6.47. The summed E-state index contributed by atoms with van der Waals surface area (Å²) >= 11 is 3.41. The van der Waals surface area contributed by atoms with Crippen LogP contribution in [0.5, 0.6) is 0 Å². The fourth-order valence-corrected chi connectivity index (χ4v) is 3.23. The van der Waals surface area contributed by atoms with E-state index in [0.717, 1.165) is 36.0 Å². The minimum atomic E-state index is -0.403. The molecule has 112 valence electrons. The average Bonchev–Trinajstić information content (AvgIpc) is 2.47. The highest BCUT2D eigenvalue weighted by atomic mass is 79.9. The maximum absolute atomic E-state index is 10.3. The Kier molecular flexibility index (Phi) is 6.49. The number of hydrogen-bond acceptors (Lipinski definition) is 3. The minimum Gasteiger partial charge on any atom is -0.396 e. The first kappa shape index (κ1) is 16.0. The van der Waals surface area contributed by atoms with E-state index in [1.165, 1.54) is 19.3 Å². The molecule has 2 N–H and O–H groups in total. The van der Waals surface area contributed by atoms with Gasteiger partial charge in [-0.3, -0.25) is 0 Å². The van der Waals surface area contributed by atoms with Gasteiger partial charge in [0.1, 0.15) is 0 Å². The van der Waals surface area contributed by atoms with Crippen LogP contribution in [0.1, 0.15) is 43.8 Å². The Morgan fingerprint density at radius 3 is 2.70 bits per heavy atom. The zero-order valence-corrected chi connectivity index (χ0v) is 13.4. The molecule has 2 unspecified atom stereocenters. The number of aliphatic hydroxyl groups is 2. The molecule has 0 aliphatic carbocycles. The van der Waals surface area contributed by atoms with E-state index >= 15 is 0 Å². The molecule has 2 atom stereocenters. The lowest BCUT2D eigenvalue weighted by molar-refractivity contribution is 0.0891. The normalized spacial score (nSPS) is 21.9. The topological polar surface area (TPSA) is 43.7 Å². The number of halogens is 1. The van der Waals surface area contributed by atoms with Gasteiger partial charge in [-0.05, 0) is 49.9 Å². The van der Waals surface area contributed by atoms with Crippen LogP contribution >= 0.6 is 15.9 Å². The highest BCUT2D eigenvalue weighted by Gasteiger charge is 2.22. The molecule has 1 aliphatic heterocycles. The SMILES string of the molecule is OCCC1CCCCN1CCC(O)c1ccc(Br)cc1. The van der Waals surface area contributed by atoms with Crippen LogP contribution in [0.4, 0.5) is 0 Å². The predicted octanol–water partition coefficient (Wildman–Crippen LogP) is 3.11. The molecule has 1 heterocycles. The van der Waals surface area contributed by atoms with E-state index in [-0.39, 0.29) is 6.61 Å². The van der Waals surface area contributed by atoms with Crippen molar-refractivity contribution in [2.75, 3.05) is 19.7 Å². The summed E-state index contributed by atoms with van der Waals surface area (Å²) < 4.78 is 1.03. The number of hydrogen-bond donors (Lipinski definition) is 2. The number of piperidine rings is 1. The third kappa shape index (κ3) is 4.55. The number of aliphatic hydroxyl groups excluding tert-OH is 2. The van der Waals surface area contributed by atoms with E-state index in [4.69, 9.17) is 5.11 Å². The molecule has 1 aromatic rings. The highest BCUT2D eigenvalue weighted by Crippen LogP contribution is 2.23. The predicted molar refractivity (Wildman–Crippen MR) is 84.6 cm³/mol. The van der Waals surface area contributed by atoms with Crippen molar-refractivity contribution in [3.05, 3.63) is 34.3 Å². The van der Waals surface area contributed by atoms with Gasteiger partial charge < -0.3 is 15.1 Å². The van der Waals surface area contributed by atoms with E-state index in [1.54, 1.807) is 0 Å². The smallest absolute Gasteiger partial charge is 0.0802 e. The summed E-state index contributed by atoms with van der Waals surface area (Å²) in [5.74, 6) is 0. The van der Waals surface area contributed by atoms with Crippen LogP contribution in [-0.2, 0) is 0 Å². The van der Waals surface area contributed by atoms with Gasteiger partial charge >= 0.3 is 0 Å². The largest absolute Gasteiger partial charge is 0.396 e. The van der Waals surface area contributed by atoms with Crippen LogP contribution in [0, 0.1) is 0 Å². The molecule has 0 spiro atoms. The van der Waals surface area contributed by atoms with Crippen molar-refractivity contribution in [1.82, 2.24) is 4.90 Å². The van der Waals surface area contributed by atoms with E-state index < -0.39 is 6.10 Å². The van der Waals surface area contributed by atoms with Gasteiger partial charge in [-0.25, -0.2) is 0 Å². The quantitative estimate of drug-likeness (QED) is 0.835. The molecule has 2 rings (SSSR count). The van der Waals surface area contributed by atoms with Gasteiger partial charge in [0.05, 0.1) is 6.10 Å². The Labute approximate surface area is 129 Å². The summed E-state index contributed by atoms with van der Waals surface area (Å²) in [5, 5.41) is 19.4. The summed E-state index contributed by atoms with van der Waals surface area (Å²) in [6.07, 6.45) is 4.87. The summed E-state index contributed by atoms with van der Waals surface area (Å²) in [4.78, 5) is 2.43. The maximum atomic E-state index is 10.3. The van der Waals surface area contributed by atoms with E-state index in [2.05, 4.69) is 20.8 Å². The van der Waals surface area contributed by atoms with Crippen molar-refractivity contribution in [1.29, 1.82) is 0 Å². The molecular weight excluding hydrogens is 318 g/mol. The summed E-state index contributed by atoms with van der Waals surface area (Å²) in [7, 11) is 0. The second kappa shape index (κ2) is 8.13. The molecule has 0 aromatic heterocycles. The summed E-state index contributed by atoms with van der Waals surface area (Å²) in [6.45, 7) is 2.26. The molecule has 1 fully saturated rings. The molecule has 0 amide bonds. The number of nitrogens with zero attached hydrogens (tertiary/aromatic N) is 1. The number of benzene rings is 1. The Hall–Kier alpha value is -0.420. The van der Waals surface area contributed by atoms with E-state index in [0.29, 0.717) is 6.04 Å². The number of rotatable bonds is 6. The standard InChI is InChI=1S/C16H24BrNO2/c17-14-6-4-13(5-7-14)16(20)8-11-18-10-2-1-3-15(18)9-12-19/h4-7,15-16,19-20H,1-3,8-12H2. The van der Waals surface area contributed by atoms with Crippen LogP contribution in [0.15, 0.2) is 28.7 Å². The van der Waals surface area contributed by atoms with Gasteiger partial charge in [0.15, 0.2) is 0 Å². The molecule has 1 aliphatic rings. The first-order chi connectivity index (χ1) is 9.70. The van der Waals surface area contributed by atoms with E-state index in [1.807, 2.05) is 24.3 Å². The fourth-order valence-electron chi connectivity index (χ4n) is 2.97. The molecule has 1 saturated heterocycles. The highest BCUT2D eigenvalue weighted by molar-refractivity contribution is 9.10. The molecule has 0 saturated carbocycles. The molecule has 4 heteroatoms. The van der Waals surface area contributed by atoms with Crippen molar-refractivity contribution >= 4 is 15.9 Å². The van der Waals surface area contributed by atoms with Crippen molar-refractivity contribution in [2.45, 2.75) is 44.2 Å². The lowest BCUT2D eigenvalue weighted by Crippen LogP contribution is -2.41. The van der Waals surface area contributed by atoms with Crippen LogP contribution in [0.2, 0.25) is 0 Å². The summed E-state index contributed by atoms with van der Waals surface area (Å²) in [5.41, 5.74) is 0.976. The van der Waals surface area contributed by atoms with Gasteiger partial charge in [0.25, 0.3) is 0 Å². The number of likely N-dealkylation sites (tertiary alicyclic amines) is 1. The molecule has 20 heavy (non-hydrogen) atoms. The third-order valence-electron chi connectivity index (χ3n) is 4.16. The maximum Gasteiger partial charge on any atom is 0.0802 e. The monoisotopic (exact) mass is 341 g/mol. The van der Waals surface area contributed by atoms with Crippen LogP contribution in [-0.4, -0.2) is 40.9 Å². The van der Waals surface area contributed by atoms with Crippen molar-refractivity contribution in [3.8, 4) is 0 Å². The van der Waals surface area contributed by atoms with Crippen molar-refractivity contribution in [3.63, 3.8) is 0 Å². The Balaban J connectivity index is 1.85. The second-order valence-electron chi connectivity index (χ2n) is 5.55. The molecular formula is C16H24BrNO2. The molecule has 3 nitrogen and oxygen atoms in total. The first-order valence-corrected chi connectivity index (χ1v) is 8.28. The zero-order valence-electron chi connectivity index (χ0n) is 11.8.